The Labute approximate surface area is 226 Å². The van der Waals surface area contributed by atoms with E-state index in [0.29, 0.717) is 23.8 Å². The van der Waals surface area contributed by atoms with Gasteiger partial charge in [-0.25, -0.2) is 14.2 Å². The number of halogens is 1. The first-order valence-electron chi connectivity index (χ1n) is 14.1. The van der Waals surface area contributed by atoms with Crippen LogP contribution in [0.3, 0.4) is 0 Å². The molecule has 1 aliphatic carbocycles. The summed E-state index contributed by atoms with van der Waals surface area (Å²) in [5, 5.41) is 3.36. The van der Waals surface area contributed by atoms with Crippen molar-refractivity contribution < 1.29 is 13.9 Å². The second kappa shape index (κ2) is 12.7. The van der Waals surface area contributed by atoms with Crippen molar-refractivity contribution in [3.63, 3.8) is 0 Å². The first-order valence-corrected chi connectivity index (χ1v) is 14.1. The number of rotatable bonds is 12. The quantitative estimate of drug-likeness (QED) is 0.331. The fourth-order valence-electron chi connectivity index (χ4n) is 5.72. The Morgan fingerprint density at radius 1 is 1.13 bits per heavy atom. The molecular formula is C29H43FN6O2. The number of ether oxygens (including phenoxy) is 1. The molecule has 1 aromatic carbocycles. The molecule has 1 aliphatic heterocycles. The molecule has 0 bridgehead atoms. The summed E-state index contributed by atoms with van der Waals surface area (Å²) in [4.78, 5) is 28.9. The van der Waals surface area contributed by atoms with Crippen LogP contribution in [0.25, 0.3) is 0 Å². The molecule has 38 heavy (non-hydrogen) atoms. The number of hydrogen-bond acceptors (Lipinski definition) is 6. The second-order valence-electron chi connectivity index (χ2n) is 10.9. The fraction of sp³-hybridized carbons (Fsp3) is 0.621. The molecule has 2 aromatic rings. The van der Waals surface area contributed by atoms with Gasteiger partial charge in [-0.2, -0.15) is 4.98 Å². The maximum Gasteiger partial charge on any atom is 0.330 e. The topological polar surface area (TPSA) is 73.8 Å². The van der Waals surface area contributed by atoms with E-state index in [1.807, 2.05) is 0 Å². The Morgan fingerprint density at radius 3 is 2.55 bits per heavy atom. The van der Waals surface area contributed by atoms with Crippen LogP contribution in [0.15, 0.2) is 24.4 Å². The van der Waals surface area contributed by atoms with Gasteiger partial charge in [-0.15, -0.1) is 0 Å². The van der Waals surface area contributed by atoms with Gasteiger partial charge in [-0.1, -0.05) is 25.3 Å². The number of amides is 2. The van der Waals surface area contributed by atoms with Crippen LogP contribution in [0.2, 0.25) is 0 Å². The van der Waals surface area contributed by atoms with Crippen molar-refractivity contribution in [1.82, 2.24) is 14.9 Å². The van der Waals surface area contributed by atoms with Crippen LogP contribution in [-0.2, 0) is 6.54 Å². The molecule has 208 valence electrons. The zero-order valence-electron chi connectivity index (χ0n) is 23.5. The lowest BCUT2D eigenvalue weighted by atomic mass is 10.1. The Bertz CT molecular complexity index is 1080. The first-order chi connectivity index (χ1) is 18.3. The van der Waals surface area contributed by atoms with Gasteiger partial charge in [0.2, 0.25) is 5.95 Å². The van der Waals surface area contributed by atoms with E-state index >= 15 is 4.39 Å². The monoisotopic (exact) mass is 526 g/mol. The van der Waals surface area contributed by atoms with E-state index in [0.717, 1.165) is 63.6 Å². The molecule has 2 heterocycles. The molecule has 1 N–H and O–H groups in total. The Balaban J connectivity index is 1.45. The van der Waals surface area contributed by atoms with Gasteiger partial charge in [0.1, 0.15) is 5.82 Å². The fourth-order valence-corrected chi connectivity index (χ4v) is 5.72. The molecule has 1 saturated carbocycles. The third-order valence-electron chi connectivity index (χ3n) is 7.68. The summed E-state index contributed by atoms with van der Waals surface area (Å²) in [6, 6.07) is 5.78. The van der Waals surface area contributed by atoms with Gasteiger partial charge >= 0.3 is 6.03 Å². The Kier molecular flexibility index (Phi) is 9.41. The van der Waals surface area contributed by atoms with E-state index in [2.05, 4.69) is 42.9 Å². The number of methoxy groups -OCH3 is 1. The third-order valence-corrected chi connectivity index (χ3v) is 7.68. The third kappa shape index (κ3) is 6.20. The van der Waals surface area contributed by atoms with Crippen LogP contribution in [0.1, 0.15) is 78.2 Å². The van der Waals surface area contributed by atoms with Gasteiger partial charge in [0.05, 0.1) is 19.3 Å². The van der Waals surface area contributed by atoms with Gasteiger partial charge in [0.15, 0.2) is 11.6 Å². The predicted molar refractivity (Wildman–Crippen MR) is 151 cm³/mol. The zero-order valence-corrected chi connectivity index (χ0v) is 23.5. The van der Waals surface area contributed by atoms with E-state index in [1.165, 1.54) is 12.0 Å². The van der Waals surface area contributed by atoms with Crippen molar-refractivity contribution in [2.75, 3.05) is 35.3 Å². The van der Waals surface area contributed by atoms with Crippen molar-refractivity contribution in [2.45, 2.75) is 97.3 Å². The lowest BCUT2D eigenvalue weighted by Crippen LogP contribution is -2.52. The average Bonchev–Trinajstić information content (AvgIpc) is 3.42. The van der Waals surface area contributed by atoms with Crippen LogP contribution >= 0.6 is 0 Å². The van der Waals surface area contributed by atoms with Crippen molar-refractivity contribution in [1.29, 1.82) is 0 Å². The standard InChI is InChI=1S/C29H43FN6O2/c1-20(2)34(21(3)4)17-10-6-9-16-31-28-32-18-22-19-35(24-14-11-15-25(38-5)26(24)30)29(37)36(27(22)33-28)23-12-7-8-13-23/h11,14-15,18,20-21,23H,6-10,12-13,16-17,19H2,1-5H3,(H,31,32,33). The highest BCUT2D eigenvalue weighted by Crippen LogP contribution is 2.38. The maximum atomic E-state index is 15.1. The highest BCUT2D eigenvalue weighted by molar-refractivity contribution is 6.06. The van der Waals surface area contributed by atoms with Gasteiger partial charge < -0.3 is 10.1 Å². The summed E-state index contributed by atoms with van der Waals surface area (Å²) in [6.07, 6.45) is 9.04. The smallest absolute Gasteiger partial charge is 0.330 e. The molecule has 1 aromatic heterocycles. The first kappa shape index (κ1) is 28.1. The Morgan fingerprint density at radius 2 is 1.87 bits per heavy atom. The minimum absolute atomic E-state index is 0.0466. The largest absolute Gasteiger partial charge is 0.494 e. The molecule has 0 saturated heterocycles. The molecule has 0 atom stereocenters. The molecule has 2 aliphatic rings. The van der Waals surface area contributed by atoms with Gasteiger partial charge in [0, 0.05) is 36.4 Å². The number of fused-ring (bicyclic) bond motifs is 1. The van der Waals surface area contributed by atoms with E-state index in [1.54, 1.807) is 29.3 Å². The number of benzene rings is 1. The molecular weight excluding hydrogens is 483 g/mol. The number of aromatic nitrogens is 2. The summed E-state index contributed by atoms with van der Waals surface area (Å²) in [7, 11) is 1.43. The summed E-state index contributed by atoms with van der Waals surface area (Å²) in [5.74, 6) is 0.753. The normalized spacial score (nSPS) is 16.2. The van der Waals surface area contributed by atoms with Crippen molar-refractivity contribution in [2.24, 2.45) is 0 Å². The predicted octanol–water partition coefficient (Wildman–Crippen LogP) is 6.21. The van der Waals surface area contributed by atoms with Gasteiger partial charge in [0.25, 0.3) is 0 Å². The molecule has 0 spiro atoms. The van der Waals surface area contributed by atoms with E-state index < -0.39 is 5.82 Å². The number of nitrogens with zero attached hydrogens (tertiary/aromatic N) is 5. The highest BCUT2D eigenvalue weighted by Gasteiger charge is 2.39. The van der Waals surface area contributed by atoms with Crippen molar-refractivity contribution >= 4 is 23.5 Å². The molecule has 2 amide bonds. The molecule has 0 unspecified atom stereocenters. The van der Waals surface area contributed by atoms with Crippen molar-refractivity contribution in [3.8, 4) is 5.75 Å². The van der Waals surface area contributed by atoms with E-state index in [9.17, 15) is 4.79 Å². The number of urea groups is 1. The molecule has 8 nitrogen and oxygen atoms in total. The number of nitrogens with one attached hydrogen (secondary N) is 1. The number of hydrogen-bond donors (Lipinski definition) is 1. The van der Waals surface area contributed by atoms with Gasteiger partial charge in [-0.05, 0) is 72.1 Å². The molecule has 0 radical (unpaired) electrons. The number of carbonyl (C=O) groups is 1. The Hall–Kier alpha value is -2.94. The summed E-state index contributed by atoms with van der Waals surface area (Å²) >= 11 is 0. The van der Waals surface area contributed by atoms with Crippen LogP contribution in [0, 0.1) is 5.82 Å². The minimum Gasteiger partial charge on any atom is -0.494 e. The minimum atomic E-state index is -0.540. The molecule has 1 fully saturated rings. The van der Waals surface area contributed by atoms with Gasteiger partial charge in [-0.3, -0.25) is 14.7 Å². The number of anilines is 3. The highest BCUT2D eigenvalue weighted by atomic mass is 19.1. The average molecular weight is 527 g/mol. The molecule has 9 heteroatoms. The maximum absolute atomic E-state index is 15.1. The second-order valence-corrected chi connectivity index (χ2v) is 10.9. The van der Waals surface area contributed by atoms with Crippen LogP contribution < -0.4 is 19.9 Å². The van der Waals surface area contributed by atoms with E-state index in [-0.39, 0.29) is 30.1 Å². The van der Waals surface area contributed by atoms with Crippen LogP contribution in [0.5, 0.6) is 5.75 Å². The zero-order chi connectivity index (χ0) is 27.2. The van der Waals surface area contributed by atoms with Crippen LogP contribution in [0.4, 0.5) is 26.6 Å². The number of unbranched alkanes of at least 4 members (excludes halogenated alkanes) is 2. The lowest BCUT2D eigenvalue weighted by molar-refractivity contribution is 0.171. The summed E-state index contributed by atoms with van der Waals surface area (Å²) in [5.41, 5.74) is 1.02. The SMILES string of the molecule is COc1cccc(N2Cc3cnc(NCCCCCN(C(C)C)C(C)C)nc3N(C3CCCC3)C2=O)c1F. The molecule has 4 rings (SSSR count). The van der Waals surface area contributed by atoms with Crippen molar-refractivity contribution in [3.05, 3.63) is 35.8 Å². The summed E-state index contributed by atoms with van der Waals surface area (Å²) < 4.78 is 20.3. The summed E-state index contributed by atoms with van der Waals surface area (Å²) in [6.45, 7) is 11.1. The van der Waals surface area contributed by atoms with Crippen LogP contribution in [-0.4, -0.2) is 59.2 Å². The van der Waals surface area contributed by atoms with E-state index in [4.69, 9.17) is 9.72 Å². The number of carbonyl (C=O) groups excluding carboxylic acids is 1. The lowest BCUT2D eigenvalue weighted by Gasteiger charge is -2.39.